The van der Waals surface area contributed by atoms with Crippen LogP contribution in [0.3, 0.4) is 0 Å². The van der Waals surface area contributed by atoms with Crippen LogP contribution in [0.5, 0.6) is 0 Å². The summed E-state index contributed by atoms with van der Waals surface area (Å²) in [5, 5.41) is 7.42. The summed E-state index contributed by atoms with van der Waals surface area (Å²) in [5.41, 5.74) is 0.775. The molecule has 0 radical (unpaired) electrons. The number of nitrogens with one attached hydrogen (secondary N) is 1. The van der Waals surface area contributed by atoms with Gasteiger partial charge < -0.3 is 5.32 Å². The number of rotatable bonds is 4. The number of halogens is 2. The normalized spacial score (nSPS) is 10.5. The first-order chi connectivity index (χ1) is 11.1. The fourth-order valence-corrected chi connectivity index (χ4v) is 2.28. The van der Waals surface area contributed by atoms with E-state index in [1.807, 2.05) is 18.2 Å². The molecule has 0 atom stereocenters. The van der Waals surface area contributed by atoms with Gasteiger partial charge in [0.15, 0.2) is 5.82 Å². The number of pyridine rings is 2. The second-order valence-electron chi connectivity index (χ2n) is 4.58. The summed E-state index contributed by atoms with van der Waals surface area (Å²) in [6, 6.07) is 10.5. The summed E-state index contributed by atoms with van der Waals surface area (Å²) in [7, 11) is 0. The Morgan fingerprint density at radius 1 is 1.13 bits per heavy atom. The van der Waals surface area contributed by atoms with E-state index in [0.717, 1.165) is 10.4 Å². The Kier molecular flexibility index (Phi) is 4.55. The zero-order valence-electron chi connectivity index (χ0n) is 11.8. The van der Waals surface area contributed by atoms with Crippen LogP contribution in [0.4, 0.5) is 5.69 Å². The molecule has 0 saturated carbocycles. The van der Waals surface area contributed by atoms with Gasteiger partial charge in [-0.2, -0.15) is 9.78 Å². The van der Waals surface area contributed by atoms with E-state index < -0.39 is 5.56 Å². The van der Waals surface area contributed by atoms with E-state index in [0.29, 0.717) is 18.1 Å². The first kappa shape index (κ1) is 15.5. The predicted octanol–water partition coefficient (Wildman–Crippen LogP) is 2.94. The number of hydrogen-bond donors (Lipinski definition) is 1. The smallest absolute Gasteiger partial charge is 0.293 e. The first-order valence-corrected chi connectivity index (χ1v) is 7.45. The van der Waals surface area contributed by atoms with Crippen molar-refractivity contribution in [1.29, 1.82) is 0 Å². The number of anilines is 1. The van der Waals surface area contributed by atoms with Crippen molar-refractivity contribution in [2.24, 2.45) is 0 Å². The van der Waals surface area contributed by atoms with Crippen molar-refractivity contribution < 1.29 is 0 Å². The standard InChI is InChI=1S/C15H11Cl2N5O/c16-12-5-3-6-13(21-12)22-15(23)14(17)11(9-20-22)19-8-10-4-1-2-7-18-10/h1-7,9,19H,8H2. The molecule has 0 bridgehead atoms. The summed E-state index contributed by atoms with van der Waals surface area (Å²) in [4.78, 5) is 20.6. The van der Waals surface area contributed by atoms with Gasteiger partial charge in [0, 0.05) is 6.20 Å². The molecule has 0 saturated heterocycles. The molecule has 3 rings (SSSR count). The van der Waals surface area contributed by atoms with E-state index in [1.165, 1.54) is 6.20 Å². The lowest BCUT2D eigenvalue weighted by Crippen LogP contribution is -2.23. The van der Waals surface area contributed by atoms with Gasteiger partial charge in [-0.05, 0) is 24.3 Å². The van der Waals surface area contributed by atoms with E-state index in [2.05, 4.69) is 20.4 Å². The van der Waals surface area contributed by atoms with Gasteiger partial charge in [0.25, 0.3) is 5.56 Å². The number of hydrogen-bond acceptors (Lipinski definition) is 5. The lowest BCUT2D eigenvalue weighted by molar-refractivity contribution is 0.782. The maximum atomic E-state index is 12.3. The predicted molar refractivity (Wildman–Crippen MR) is 89.2 cm³/mol. The van der Waals surface area contributed by atoms with Crippen molar-refractivity contribution in [3.63, 3.8) is 0 Å². The van der Waals surface area contributed by atoms with Crippen LogP contribution < -0.4 is 10.9 Å². The van der Waals surface area contributed by atoms with Crippen LogP contribution in [0.1, 0.15) is 5.69 Å². The third-order valence-corrected chi connectivity index (χ3v) is 3.60. The summed E-state index contributed by atoms with van der Waals surface area (Å²) in [6.45, 7) is 0.432. The van der Waals surface area contributed by atoms with Gasteiger partial charge in [-0.15, -0.1) is 0 Å². The molecule has 0 aliphatic rings. The molecule has 3 aromatic heterocycles. The molecule has 0 unspecified atom stereocenters. The molecule has 3 heterocycles. The third-order valence-electron chi connectivity index (χ3n) is 3.02. The molecule has 0 aliphatic carbocycles. The van der Waals surface area contributed by atoms with Crippen molar-refractivity contribution in [2.75, 3.05) is 5.32 Å². The van der Waals surface area contributed by atoms with Gasteiger partial charge in [-0.25, -0.2) is 4.98 Å². The van der Waals surface area contributed by atoms with Crippen LogP contribution in [0.25, 0.3) is 5.82 Å². The Morgan fingerprint density at radius 2 is 2.00 bits per heavy atom. The largest absolute Gasteiger partial charge is 0.377 e. The number of aromatic nitrogens is 4. The highest BCUT2D eigenvalue weighted by molar-refractivity contribution is 6.33. The van der Waals surface area contributed by atoms with Crippen molar-refractivity contribution in [2.45, 2.75) is 6.54 Å². The Bertz CT molecular complexity index is 883. The lowest BCUT2D eigenvalue weighted by atomic mass is 10.3. The monoisotopic (exact) mass is 347 g/mol. The fourth-order valence-electron chi connectivity index (χ4n) is 1.92. The van der Waals surface area contributed by atoms with Crippen LogP contribution in [-0.4, -0.2) is 19.7 Å². The van der Waals surface area contributed by atoms with Gasteiger partial charge in [0.1, 0.15) is 10.2 Å². The molecule has 0 spiro atoms. The molecule has 3 aromatic rings. The van der Waals surface area contributed by atoms with Crippen LogP contribution in [0.15, 0.2) is 53.6 Å². The Balaban J connectivity index is 1.87. The third kappa shape index (κ3) is 3.49. The average molecular weight is 348 g/mol. The molecule has 1 N–H and O–H groups in total. The highest BCUT2D eigenvalue weighted by atomic mass is 35.5. The van der Waals surface area contributed by atoms with Crippen molar-refractivity contribution in [1.82, 2.24) is 19.7 Å². The second-order valence-corrected chi connectivity index (χ2v) is 5.35. The topological polar surface area (TPSA) is 72.7 Å². The molecule has 0 aliphatic heterocycles. The first-order valence-electron chi connectivity index (χ1n) is 6.69. The Morgan fingerprint density at radius 3 is 2.74 bits per heavy atom. The summed E-state index contributed by atoms with van der Waals surface area (Å²) in [5.74, 6) is 0.306. The Hall–Kier alpha value is -2.44. The van der Waals surface area contributed by atoms with Crippen molar-refractivity contribution in [3.8, 4) is 5.82 Å². The number of nitrogens with zero attached hydrogens (tertiary/aromatic N) is 4. The quantitative estimate of drug-likeness (QED) is 0.734. The molecule has 8 heteroatoms. The molecular weight excluding hydrogens is 337 g/mol. The fraction of sp³-hybridized carbons (Fsp3) is 0.0667. The van der Waals surface area contributed by atoms with E-state index in [-0.39, 0.29) is 10.2 Å². The average Bonchev–Trinajstić information content (AvgIpc) is 2.57. The van der Waals surface area contributed by atoms with Gasteiger partial charge >= 0.3 is 0 Å². The summed E-state index contributed by atoms with van der Waals surface area (Å²) in [6.07, 6.45) is 3.16. The molecular formula is C15H11Cl2N5O. The van der Waals surface area contributed by atoms with Crippen LogP contribution in [-0.2, 0) is 6.54 Å². The minimum Gasteiger partial charge on any atom is -0.377 e. The van der Waals surface area contributed by atoms with Crippen LogP contribution in [0.2, 0.25) is 10.2 Å². The molecule has 0 amide bonds. The SMILES string of the molecule is O=c1c(Cl)c(NCc2ccccn2)cnn1-c1cccc(Cl)n1. The lowest BCUT2D eigenvalue weighted by Gasteiger charge is -2.09. The zero-order valence-corrected chi connectivity index (χ0v) is 13.3. The molecule has 116 valence electrons. The van der Waals surface area contributed by atoms with Crippen LogP contribution >= 0.6 is 23.2 Å². The second kappa shape index (κ2) is 6.76. The highest BCUT2D eigenvalue weighted by Crippen LogP contribution is 2.17. The van der Waals surface area contributed by atoms with Gasteiger partial charge in [0.2, 0.25) is 0 Å². The minimum absolute atomic E-state index is 0.0257. The van der Waals surface area contributed by atoms with Gasteiger partial charge in [-0.1, -0.05) is 35.3 Å². The Labute approximate surface area is 141 Å². The van der Waals surface area contributed by atoms with E-state index >= 15 is 0 Å². The van der Waals surface area contributed by atoms with Crippen molar-refractivity contribution >= 4 is 28.9 Å². The van der Waals surface area contributed by atoms with Gasteiger partial charge in [-0.3, -0.25) is 9.78 Å². The van der Waals surface area contributed by atoms with Crippen LogP contribution in [0, 0.1) is 0 Å². The van der Waals surface area contributed by atoms with E-state index in [4.69, 9.17) is 23.2 Å². The summed E-state index contributed by atoms with van der Waals surface area (Å²) < 4.78 is 1.10. The minimum atomic E-state index is -0.479. The summed E-state index contributed by atoms with van der Waals surface area (Å²) >= 11 is 12.0. The molecule has 23 heavy (non-hydrogen) atoms. The molecule has 6 nitrogen and oxygen atoms in total. The van der Waals surface area contributed by atoms with Crippen molar-refractivity contribution in [3.05, 3.63) is 75.0 Å². The zero-order chi connectivity index (χ0) is 16.2. The molecule has 0 aromatic carbocycles. The van der Waals surface area contributed by atoms with E-state index in [9.17, 15) is 4.79 Å². The van der Waals surface area contributed by atoms with Gasteiger partial charge in [0.05, 0.1) is 24.1 Å². The van der Waals surface area contributed by atoms with E-state index in [1.54, 1.807) is 24.4 Å². The maximum absolute atomic E-state index is 12.3. The molecule has 0 fully saturated rings. The maximum Gasteiger partial charge on any atom is 0.293 e. The highest BCUT2D eigenvalue weighted by Gasteiger charge is 2.11.